The van der Waals surface area contributed by atoms with Crippen LogP contribution in [-0.2, 0) is 9.59 Å². The summed E-state index contributed by atoms with van der Waals surface area (Å²) in [5, 5.41) is 15.2. The van der Waals surface area contributed by atoms with Crippen molar-refractivity contribution in [1.29, 1.82) is 0 Å². The fourth-order valence-electron chi connectivity index (χ4n) is 3.40. The molecule has 0 aromatic rings. The minimum atomic E-state index is -0.941. The van der Waals surface area contributed by atoms with Gasteiger partial charge in [-0.3, -0.25) is 4.79 Å². The lowest BCUT2D eigenvalue weighted by Gasteiger charge is -2.24. The van der Waals surface area contributed by atoms with Gasteiger partial charge in [-0.2, -0.15) is 0 Å². The summed E-state index contributed by atoms with van der Waals surface area (Å²) in [6, 6.07) is -0.974. The Hall–Kier alpha value is -1.10. The average Bonchev–Trinajstić information content (AvgIpc) is 2.96. The van der Waals surface area contributed by atoms with Crippen LogP contribution in [-0.4, -0.2) is 35.6 Å². The Labute approximate surface area is 114 Å². The highest BCUT2D eigenvalue weighted by Crippen LogP contribution is 2.37. The number of amides is 1. The number of aliphatic carboxylic acids is 1. The summed E-state index contributed by atoms with van der Waals surface area (Å²) in [7, 11) is 0. The first-order valence-electron chi connectivity index (χ1n) is 7.31. The predicted molar refractivity (Wildman–Crippen MR) is 71.6 cm³/mol. The molecule has 19 heavy (non-hydrogen) atoms. The van der Waals surface area contributed by atoms with E-state index in [1.165, 1.54) is 12.8 Å². The molecular weight excluding hydrogens is 244 g/mol. The highest BCUT2D eigenvalue weighted by Gasteiger charge is 2.43. The standard InChI is InChI=1S/C14H24N2O3/c1-3-8(2)11(14(18)19)16-13(17)12-10-6-4-5-9(10)7-15-12/h8-12,15H,3-7H2,1-2H3,(H,16,17)(H,18,19)/t8-,9?,10?,11-,12?/m0/s1. The SMILES string of the molecule is CC[C@H](C)[C@H](NC(=O)C1NCC2CCCC21)C(=O)O. The Bertz CT molecular complexity index is 359. The summed E-state index contributed by atoms with van der Waals surface area (Å²) < 4.78 is 0. The minimum absolute atomic E-state index is 0.0535. The summed E-state index contributed by atoms with van der Waals surface area (Å²) in [6.45, 7) is 4.69. The number of hydrogen-bond acceptors (Lipinski definition) is 3. The fraction of sp³-hybridized carbons (Fsp3) is 0.857. The number of carboxylic acids is 1. The average molecular weight is 268 g/mol. The molecule has 1 saturated carbocycles. The summed E-state index contributed by atoms with van der Waals surface area (Å²) in [4.78, 5) is 23.5. The molecule has 3 N–H and O–H groups in total. The van der Waals surface area contributed by atoms with Crippen LogP contribution in [0.15, 0.2) is 0 Å². The second-order valence-electron chi connectivity index (χ2n) is 5.95. The molecule has 5 nitrogen and oxygen atoms in total. The third-order valence-electron chi connectivity index (χ3n) is 4.81. The molecule has 1 amide bonds. The van der Waals surface area contributed by atoms with Gasteiger partial charge in [0.1, 0.15) is 6.04 Å². The van der Waals surface area contributed by atoms with E-state index in [0.717, 1.165) is 19.4 Å². The summed E-state index contributed by atoms with van der Waals surface area (Å²) >= 11 is 0. The van der Waals surface area contributed by atoms with Gasteiger partial charge in [0.2, 0.25) is 5.91 Å². The van der Waals surface area contributed by atoms with Crippen LogP contribution < -0.4 is 10.6 Å². The minimum Gasteiger partial charge on any atom is -0.480 e. The fourth-order valence-corrected chi connectivity index (χ4v) is 3.40. The highest BCUT2D eigenvalue weighted by atomic mass is 16.4. The Kier molecular flexibility index (Phi) is 4.45. The van der Waals surface area contributed by atoms with Crippen molar-refractivity contribution in [3.63, 3.8) is 0 Å². The first-order valence-corrected chi connectivity index (χ1v) is 7.31. The van der Waals surface area contributed by atoms with Gasteiger partial charge in [0.05, 0.1) is 6.04 Å². The molecule has 2 rings (SSSR count). The zero-order valence-corrected chi connectivity index (χ0v) is 11.7. The van der Waals surface area contributed by atoms with E-state index in [0.29, 0.717) is 11.8 Å². The van der Waals surface area contributed by atoms with E-state index < -0.39 is 12.0 Å². The molecule has 0 bridgehead atoms. The van der Waals surface area contributed by atoms with E-state index >= 15 is 0 Å². The smallest absolute Gasteiger partial charge is 0.326 e. The van der Waals surface area contributed by atoms with Gasteiger partial charge in [-0.15, -0.1) is 0 Å². The van der Waals surface area contributed by atoms with E-state index in [1.807, 2.05) is 13.8 Å². The summed E-state index contributed by atoms with van der Waals surface area (Å²) in [6.07, 6.45) is 4.20. The zero-order chi connectivity index (χ0) is 14.0. The molecule has 3 unspecified atom stereocenters. The highest BCUT2D eigenvalue weighted by molar-refractivity contribution is 5.87. The molecule has 1 saturated heterocycles. The Morgan fingerprint density at radius 3 is 2.79 bits per heavy atom. The number of carbonyl (C=O) groups excluding carboxylic acids is 1. The summed E-state index contributed by atoms with van der Waals surface area (Å²) in [5.74, 6) is -0.137. The quantitative estimate of drug-likeness (QED) is 0.695. The van der Waals surface area contributed by atoms with Gasteiger partial charge in [-0.25, -0.2) is 4.79 Å². The van der Waals surface area contributed by atoms with Crippen molar-refractivity contribution in [3.8, 4) is 0 Å². The Morgan fingerprint density at radius 1 is 1.42 bits per heavy atom. The lowest BCUT2D eigenvalue weighted by molar-refractivity contribution is -0.143. The monoisotopic (exact) mass is 268 g/mol. The molecule has 1 aliphatic heterocycles. The first kappa shape index (κ1) is 14.3. The normalized spacial score (nSPS) is 32.6. The maximum Gasteiger partial charge on any atom is 0.326 e. The number of rotatable bonds is 5. The summed E-state index contributed by atoms with van der Waals surface area (Å²) in [5.41, 5.74) is 0. The molecule has 0 spiro atoms. The van der Waals surface area contributed by atoms with Crippen molar-refractivity contribution in [3.05, 3.63) is 0 Å². The molecule has 0 aromatic carbocycles. The number of nitrogens with one attached hydrogen (secondary N) is 2. The third kappa shape index (κ3) is 2.91. The molecule has 2 aliphatic rings. The molecule has 5 atom stereocenters. The van der Waals surface area contributed by atoms with Crippen LogP contribution in [0.2, 0.25) is 0 Å². The zero-order valence-electron chi connectivity index (χ0n) is 11.7. The molecule has 0 aromatic heterocycles. The van der Waals surface area contributed by atoms with Gasteiger partial charge in [-0.05, 0) is 37.1 Å². The topological polar surface area (TPSA) is 78.4 Å². The van der Waals surface area contributed by atoms with Gasteiger partial charge >= 0.3 is 5.97 Å². The second-order valence-corrected chi connectivity index (χ2v) is 5.95. The molecule has 0 radical (unpaired) electrons. The van der Waals surface area contributed by atoms with Crippen LogP contribution in [0.1, 0.15) is 39.5 Å². The second kappa shape index (κ2) is 5.90. The van der Waals surface area contributed by atoms with E-state index in [2.05, 4.69) is 10.6 Å². The lowest BCUT2D eigenvalue weighted by Crippen LogP contribution is -2.52. The van der Waals surface area contributed by atoms with Crippen molar-refractivity contribution >= 4 is 11.9 Å². The van der Waals surface area contributed by atoms with Crippen molar-refractivity contribution in [2.45, 2.75) is 51.6 Å². The molecule has 5 heteroatoms. The van der Waals surface area contributed by atoms with Gasteiger partial charge in [-0.1, -0.05) is 26.7 Å². The number of carbonyl (C=O) groups is 2. The van der Waals surface area contributed by atoms with Crippen molar-refractivity contribution in [1.82, 2.24) is 10.6 Å². The number of carboxylic acid groups (broad SMARTS) is 1. The van der Waals surface area contributed by atoms with Crippen LogP contribution in [0.5, 0.6) is 0 Å². The van der Waals surface area contributed by atoms with Gasteiger partial charge in [0.15, 0.2) is 0 Å². The number of hydrogen-bond donors (Lipinski definition) is 3. The molecular formula is C14H24N2O3. The Morgan fingerprint density at radius 2 is 2.16 bits per heavy atom. The van der Waals surface area contributed by atoms with Crippen molar-refractivity contribution < 1.29 is 14.7 Å². The first-order chi connectivity index (χ1) is 9.04. The van der Waals surface area contributed by atoms with Crippen LogP contribution in [0.3, 0.4) is 0 Å². The van der Waals surface area contributed by atoms with Gasteiger partial charge in [0, 0.05) is 0 Å². The predicted octanol–water partition coefficient (Wildman–Crippen LogP) is 0.990. The largest absolute Gasteiger partial charge is 0.480 e. The van der Waals surface area contributed by atoms with Gasteiger partial charge < -0.3 is 15.7 Å². The van der Waals surface area contributed by atoms with Crippen molar-refractivity contribution in [2.75, 3.05) is 6.54 Å². The molecule has 108 valence electrons. The van der Waals surface area contributed by atoms with Gasteiger partial charge in [0.25, 0.3) is 0 Å². The van der Waals surface area contributed by atoms with E-state index in [-0.39, 0.29) is 17.9 Å². The maximum atomic E-state index is 12.3. The molecule has 2 fully saturated rings. The van der Waals surface area contributed by atoms with E-state index in [4.69, 9.17) is 0 Å². The van der Waals surface area contributed by atoms with Crippen LogP contribution in [0.4, 0.5) is 0 Å². The van der Waals surface area contributed by atoms with Crippen molar-refractivity contribution in [2.24, 2.45) is 17.8 Å². The van der Waals surface area contributed by atoms with Crippen LogP contribution in [0.25, 0.3) is 0 Å². The maximum absolute atomic E-state index is 12.3. The van der Waals surface area contributed by atoms with E-state index in [1.54, 1.807) is 0 Å². The third-order valence-corrected chi connectivity index (χ3v) is 4.81. The number of fused-ring (bicyclic) bond motifs is 1. The molecule has 1 aliphatic carbocycles. The van der Waals surface area contributed by atoms with Crippen LogP contribution >= 0.6 is 0 Å². The lowest BCUT2D eigenvalue weighted by atomic mass is 9.92. The van der Waals surface area contributed by atoms with Crippen LogP contribution in [0, 0.1) is 17.8 Å². The van der Waals surface area contributed by atoms with E-state index in [9.17, 15) is 14.7 Å². The Balaban J connectivity index is 1.97. The molecule has 1 heterocycles.